The zero-order chi connectivity index (χ0) is 6.41. The highest BCUT2D eigenvalue weighted by molar-refractivity contribution is 5.80. The van der Waals surface area contributed by atoms with Crippen LogP contribution in [-0.2, 0) is 4.79 Å². The molecule has 0 aliphatic carbocycles. The molecular formula is C7H10O. The normalized spacial score (nSPS) is 8.00. The minimum absolute atomic E-state index is 0.176. The van der Waals surface area contributed by atoms with E-state index in [1.807, 2.05) is 0 Å². The number of carbonyl (C=O) groups is 1. The van der Waals surface area contributed by atoms with Crippen LogP contribution in [0.4, 0.5) is 0 Å². The Hall–Kier alpha value is -0.850. The van der Waals surface area contributed by atoms with E-state index in [1.165, 1.54) is 0 Å². The summed E-state index contributed by atoms with van der Waals surface area (Å²) in [6, 6.07) is 0. The Morgan fingerprint density at radius 3 is 1.88 bits per heavy atom. The summed E-state index contributed by atoms with van der Waals surface area (Å²) >= 11 is 0. The predicted octanol–water partition coefficient (Wildman–Crippen LogP) is 1.71. The van der Waals surface area contributed by atoms with E-state index in [9.17, 15) is 4.79 Å². The van der Waals surface area contributed by atoms with Gasteiger partial charge in [0.05, 0.1) is 0 Å². The van der Waals surface area contributed by atoms with Gasteiger partial charge in [-0.1, -0.05) is 12.2 Å². The molecule has 1 nitrogen and oxygen atoms in total. The molecule has 44 valence electrons. The SMILES string of the molecule is C=CC[13C](=O)CC=C. The highest BCUT2D eigenvalue weighted by Gasteiger charge is 1.91. The summed E-state index contributed by atoms with van der Waals surface area (Å²) in [7, 11) is 0. The summed E-state index contributed by atoms with van der Waals surface area (Å²) in [5.74, 6) is 0.176. The van der Waals surface area contributed by atoms with Gasteiger partial charge in [0.25, 0.3) is 0 Å². The number of ketones is 1. The van der Waals surface area contributed by atoms with Crippen molar-refractivity contribution in [2.45, 2.75) is 12.8 Å². The van der Waals surface area contributed by atoms with E-state index in [1.54, 1.807) is 12.2 Å². The van der Waals surface area contributed by atoms with Crippen LogP contribution in [0.15, 0.2) is 25.3 Å². The third-order valence-electron chi connectivity index (χ3n) is 0.744. The second kappa shape index (κ2) is 4.31. The Morgan fingerprint density at radius 2 is 1.62 bits per heavy atom. The molecule has 0 amide bonds. The Balaban J connectivity index is 3.32. The molecule has 0 aromatic carbocycles. The highest BCUT2D eigenvalue weighted by Crippen LogP contribution is 1.89. The van der Waals surface area contributed by atoms with Crippen molar-refractivity contribution in [1.82, 2.24) is 0 Å². The van der Waals surface area contributed by atoms with E-state index in [2.05, 4.69) is 13.2 Å². The molecule has 0 bridgehead atoms. The lowest BCUT2D eigenvalue weighted by Gasteiger charge is -1.85. The number of rotatable bonds is 4. The van der Waals surface area contributed by atoms with Crippen LogP contribution in [0.2, 0.25) is 0 Å². The topological polar surface area (TPSA) is 17.1 Å². The van der Waals surface area contributed by atoms with Gasteiger partial charge in [-0.15, -0.1) is 13.2 Å². The molecule has 8 heavy (non-hydrogen) atoms. The van der Waals surface area contributed by atoms with Gasteiger partial charge in [0.15, 0.2) is 0 Å². The van der Waals surface area contributed by atoms with Gasteiger partial charge in [0, 0.05) is 12.8 Å². The highest BCUT2D eigenvalue weighted by atomic mass is 16.2. The fourth-order valence-corrected chi connectivity index (χ4v) is 0.405. The van der Waals surface area contributed by atoms with Crippen LogP contribution < -0.4 is 0 Å². The lowest BCUT2D eigenvalue weighted by atomic mass is 10.4. The lowest BCUT2D eigenvalue weighted by Crippen LogP contribution is -1.90. The molecular weight excluding hydrogens is 101 g/mol. The zero-order valence-electron chi connectivity index (χ0n) is 4.89. The molecule has 0 unspecified atom stereocenters. The van der Waals surface area contributed by atoms with Gasteiger partial charge in [0.1, 0.15) is 5.78 Å². The van der Waals surface area contributed by atoms with Crippen LogP contribution in [-0.4, -0.2) is 5.78 Å². The van der Waals surface area contributed by atoms with Gasteiger partial charge in [-0.05, 0) is 0 Å². The molecule has 0 N–H and O–H groups in total. The Morgan fingerprint density at radius 1 is 1.25 bits per heavy atom. The Kier molecular flexibility index (Phi) is 3.85. The number of carbonyl (C=O) groups excluding carboxylic acids is 1. The van der Waals surface area contributed by atoms with E-state index in [0.717, 1.165) is 0 Å². The van der Waals surface area contributed by atoms with Crippen LogP contribution in [0.1, 0.15) is 12.8 Å². The molecule has 0 spiro atoms. The molecule has 0 saturated carbocycles. The second-order valence-corrected chi connectivity index (χ2v) is 1.52. The van der Waals surface area contributed by atoms with Crippen molar-refractivity contribution < 1.29 is 4.79 Å². The molecule has 0 aromatic heterocycles. The van der Waals surface area contributed by atoms with E-state index in [-0.39, 0.29) is 5.78 Å². The molecule has 0 aliphatic heterocycles. The first-order chi connectivity index (χ1) is 3.81. The first-order valence-electron chi connectivity index (χ1n) is 2.54. The van der Waals surface area contributed by atoms with Crippen molar-refractivity contribution in [1.29, 1.82) is 0 Å². The zero-order valence-corrected chi connectivity index (χ0v) is 4.89. The average Bonchev–Trinajstić information content (AvgIpc) is 1.68. The molecule has 0 saturated heterocycles. The lowest BCUT2D eigenvalue weighted by molar-refractivity contribution is -0.117. The molecule has 0 heterocycles. The van der Waals surface area contributed by atoms with Crippen molar-refractivity contribution in [3.05, 3.63) is 25.3 Å². The number of Topliss-reactive ketones (excluding diaryl/α,β-unsaturated/α-hetero) is 1. The van der Waals surface area contributed by atoms with Crippen LogP contribution >= 0.6 is 0 Å². The maximum absolute atomic E-state index is 10.5. The minimum atomic E-state index is 0.176. The molecule has 0 atom stereocenters. The minimum Gasteiger partial charge on any atom is -0.299 e. The van der Waals surface area contributed by atoms with Gasteiger partial charge in [-0.2, -0.15) is 0 Å². The van der Waals surface area contributed by atoms with Crippen LogP contribution in [0, 0.1) is 0 Å². The number of allylic oxidation sites excluding steroid dienone is 2. The van der Waals surface area contributed by atoms with E-state index < -0.39 is 0 Å². The molecule has 0 aromatic rings. The summed E-state index contributed by atoms with van der Waals surface area (Å²) in [6.45, 7) is 6.86. The quantitative estimate of drug-likeness (QED) is 0.398. The van der Waals surface area contributed by atoms with Gasteiger partial charge >= 0.3 is 0 Å². The van der Waals surface area contributed by atoms with Gasteiger partial charge < -0.3 is 0 Å². The summed E-state index contributed by atoms with van der Waals surface area (Å²) in [4.78, 5) is 10.5. The van der Waals surface area contributed by atoms with Crippen molar-refractivity contribution in [2.75, 3.05) is 0 Å². The maximum atomic E-state index is 10.5. The second-order valence-electron chi connectivity index (χ2n) is 1.52. The smallest absolute Gasteiger partial charge is 0.140 e. The van der Waals surface area contributed by atoms with Crippen molar-refractivity contribution in [3.63, 3.8) is 0 Å². The average molecular weight is 111 g/mol. The molecule has 0 aliphatic rings. The Bertz CT molecular complexity index is 91.0. The molecule has 0 fully saturated rings. The summed E-state index contributed by atoms with van der Waals surface area (Å²) in [6.07, 6.45) is 4.13. The molecule has 0 rings (SSSR count). The summed E-state index contributed by atoms with van der Waals surface area (Å²) < 4.78 is 0. The fraction of sp³-hybridized carbons (Fsp3) is 0.286. The first kappa shape index (κ1) is 7.15. The van der Waals surface area contributed by atoms with Gasteiger partial charge in [0.2, 0.25) is 0 Å². The summed E-state index contributed by atoms with van der Waals surface area (Å²) in [5.41, 5.74) is 0. The van der Waals surface area contributed by atoms with Crippen molar-refractivity contribution in [3.8, 4) is 0 Å². The fourth-order valence-electron chi connectivity index (χ4n) is 0.405. The number of hydrogen-bond donors (Lipinski definition) is 0. The summed E-state index contributed by atoms with van der Waals surface area (Å²) in [5, 5.41) is 0. The molecule has 1 heteroatoms. The third kappa shape index (κ3) is 3.34. The van der Waals surface area contributed by atoms with Gasteiger partial charge in [-0.25, -0.2) is 0 Å². The third-order valence-corrected chi connectivity index (χ3v) is 0.744. The first-order valence-corrected chi connectivity index (χ1v) is 2.54. The molecule has 0 radical (unpaired) electrons. The largest absolute Gasteiger partial charge is 0.299 e. The van der Waals surface area contributed by atoms with Crippen molar-refractivity contribution >= 4 is 5.78 Å². The van der Waals surface area contributed by atoms with E-state index >= 15 is 0 Å². The standard InChI is InChI=1S/C7H10O/c1-3-5-7(8)6-4-2/h3-4H,1-2,5-6H2/i7+1. The van der Waals surface area contributed by atoms with Crippen LogP contribution in [0.3, 0.4) is 0 Å². The predicted molar refractivity (Wildman–Crippen MR) is 34.6 cm³/mol. The number of hydrogen-bond acceptors (Lipinski definition) is 1. The Labute approximate surface area is 49.7 Å². The van der Waals surface area contributed by atoms with Crippen LogP contribution in [0.5, 0.6) is 0 Å². The van der Waals surface area contributed by atoms with E-state index in [0.29, 0.717) is 12.8 Å². The van der Waals surface area contributed by atoms with E-state index in [4.69, 9.17) is 0 Å². The van der Waals surface area contributed by atoms with Gasteiger partial charge in [-0.3, -0.25) is 4.79 Å². The maximum Gasteiger partial charge on any atom is 0.140 e. The van der Waals surface area contributed by atoms with Crippen molar-refractivity contribution in [2.24, 2.45) is 0 Å². The van der Waals surface area contributed by atoms with Crippen LogP contribution in [0.25, 0.3) is 0 Å². The monoisotopic (exact) mass is 111 g/mol.